The predicted octanol–water partition coefficient (Wildman–Crippen LogP) is 15.0. The highest BCUT2D eigenvalue weighted by molar-refractivity contribution is 6.55. The molecule has 0 N–H and O–H groups in total. The van der Waals surface area contributed by atoms with E-state index in [9.17, 15) is 4.79 Å². The first kappa shape index (κ1) is 38.5. The molecule has 5 aliphatic rings. The average molecular weight is 692 g/mol. The Morgan fingerprint density at radius 2 is 0.745 bits per heavy atom. The summed E-state index contributed by atoms with van der Waals surface area (Å²) in [6.07, 6.45) is 42.9. The number of hydrogen-bond acceptors (Lipinski definition) is 1. The Labute approximate surface area is 302 Å². The van der Waals surface area contributed by atoms with E-state index in [1.54, 1.807) is 0 Å². The summed E-state index contributed by atoms with van der Waals surface area (Å²) in [6, 6.07) is 0. The standard InChI is InChI=1S/C44H76Cl2O/c1-3-5-7-9-11-13-15-17-35-19-23-37(24-20-35)39-27-31-42(32-28-39)41(47)43(44(42,45)46)33-29-40(30-34-43)38-25-21-36(22-26-38)18-16-14-12-10-8-6-4-2/h35-40H,3-34H2,1-2H3/t35?,36?,37?,38?,39-,40?,42+,43-. The minimum atomic E-state index is -0.838. The van der Waals surface area contributed by atoms with Gasteiger partial charge in [0.25, 0.3) is 0 Å². The van der Waals surface area contributed by atoms with E-state index in [1.807, 2.05) is 0 Å². The molecule has 0 aromatic heterocycles. The first-order chi connectivity index (χ1) is 22.9. The molecular weight excluding hydrogens is 615 g/mol. The van der Waals surface area contributed by atoms with E-state index < -0.39 is 15.2 Å². The maximum Gasteiger partial charge on any atom is 0.151 e. The lowest BCUT2D eigenvalue weighted by molar-refractivity contribution is -0.173. The number of hydrogen-bond donors (Lipinski definition) is 0. The van der Waals surface area contributed by atoms with E-state index in [0.717, 1.165) is 61.2 Å². The Kier molecular flexibility index (Phi) is 15.3. The fourth-order valence-electron chi connectivity index (χ4n) is 12.1. The SMILES string of the molecule is CCCCCCCCCC1CCC(C2CC[C@]3(CC2)C(=O)[C@@]2(CC[C@@H](C4CCC(CCCCCCCCC)CC4)CC2)C3(Cl)Cl)CC1. The predicted molar refractivity (Wildman–Crippen MR) is 204 cm³/mol. The first-order valence-corrected chi connectivity index (χ1v) is 22.5. The number of carbonyl (C=O) groups excluding carboxylic acids is 1. The Bertz CT molecular complexity index is 824. The molecule has 5 aliphatic carbocycles. The largest absolute Gasteiger partial charge is 0.298 e. The van der Waals surface area contributed by atoms with E-state index in [-0.39, 0.29) is 0 Å². The topological polar surface area (TPSA) is 17.1 Å². The number of unbranched alkanes of at least 4 members (excludes halogenated alkanes) is 12. The average Bonchev–Trinajstić information content (AvgIpc) is 3.11. The highest BCUT2D eigenvalue weighted by atomic mass is 35.5. The highest BCUT2D eigenvalue weighted by Crippen LogP contribution is 2.75. The van der Waals surface area contributed by atoms with Crippen molar-refractivity contribution >= 4 is 29.0 Å². The molecule has 0 bridgehead atoms. The van der Waals surface area contributed by atoms with Crippen LogP contribution in [0.1, 0.15) is 219 Å². The van der Waals surface area contributed by atoms with E-state index in [2.05, 4.69) is 13.8 Å². The molecule has 47 heavy (non-hydrogen) atoms. The molecule has 5 saturated carbocycles. The van der Waals surface area contributed by atoms with Crippen molar-refractivity contribution in [2.24, 2.45) is 46.3 Å². The van der Waals surface area contributed by atoms with Gasteiger partial charge in [-0.15, -0.1) is 0 Å². The first-order valence-electron chi connectivity index (χ1n) is 21.8. The van der Waals surface area contributed by atoms with Crippen LogP contribution in [0, 0.1) is 46.3 Å². The normalized spacial score (nSPS) is 37.3. The minimum Gasteiger partial charge on any atom is -0.298 e. The molecule has 3 heteroatoms. The molecule has 0 radical (unpaired) electrons. The summed E-state index contributed by atoms with van der Waals surface area (Å²) in [5.74, 6) is 5.79. The van der Waals surface area contributed by atoms with Crippen LogP contribution in [-0.4, -0.2) is 10.1 Å². The number of carbonyl (C=O) groups is 1. The second-order valence-electron chi connectivity index (χ2n) is 18.1. The monoisotopic (exact) mass is 691 g/mol. The minimum absolute atomic E-state index is 0.443. The van der Waals surface area contributed by atoms with Crippen LogP contribution < -0.4 is 0 Å². The van der Waals surface area contributed by atoms with Gasteiger partial charge in [-0.05, 0) is 113 Å². The van der Waals surface area contributed by atoms with Crippen LogP contribution in [-0.2, 0) is 4.79 Å². The molecule has 0 aromatic rings. The molecule has 272 valence electrons. The third-order valence-corrected chi connectivity index (χ3v) is 16.8. The van der Waals surface area contributed by atoms with Crippen LogP contribution in [0.3, 0.4) is 0 Å². The van der Waals surface area contributed by atoms with Crippen molar-refractivity contribution in [3.05, 3.63) is 0 Å². The second-order valence-corrected chi connectivity index (χ2v) is 19.5. The highest BCUT2D eigenvalue weighted by Gasteiger charge is 2.79. The zero-order valence-corrected chi connectivity index (χ0v) is 32.8. The summed E-state index contributed by atoms with van der Waals surface area (Å²) in [5, 5.41) is 0. The smallest absolute Gasteiger partial charge is 0.151 e. The molecule has 0 saturated heterocycles. The van der Waals surface area contributed by atoms with Crippen molar-refractivity contribution in [1.29, 1.82) is 0 Å². The van der Waals surface area contributed by atoms with Crippen molar-refractivity contribution in [1.82, 2.24) is 0 Å². The Balaban J connectivity index is 0.977. The van der Waals surface area contributed by atoms with Crippen LogP contribution >= 0.6 is 23.2 Å². The van der Waals surface area contributed by atoms with Crippen molar-refractivity contribution in [2.45, 2.75) is 224 Å². The van der Waals surface area contributed by atoms with Crippen molar-refractivity contribution in [3.63, 3.8) is 0 Å². The summed E-state index contributed by atoms with van der Waals surface area (Å²) in [5.41, 5.74) is -0.885. The summed E-state index contributed by atoms with van der Waals surface area (Å²) < 4.78 is -0.838. The summed E-state index contributed by atoms with van der Waals surface area (Å²) in [7, 11) is 0. The van der Waals surface area contributed by atoms with Crippen LogP contribution in [0.15, 0.2) is 0 Å². The van der Waals surface area contributed by atoms with Gasteiger partial charge in [0.15, 0.2) is 5.78 Å². The van der Waals surface area contributed by atoms with Crippen molar-refractivity contribution < 1.29 is 4.79 Å². The van der Waals surface area contributed by atoms with Crippen molar-refractivity contribution in [2.75, 3.05) is 0 Å². The zero-order chi connectivity index (χ0) is 33.2. The van der Waals surface area contributed by atoms with E-state index in [4.69, 9.17) is 23.2 Å². The fraction of sp³-hybridized carbons (Fsp3) is 0.977. The molecule has 0 aliphatic heterocycles. The number of ketones is 1. The summed E-state index contributed by atoms with van der Waals surface area (Å²) in [6.45, 7) is 4.61. The molecule has 0 heterocycles. The van der Waals surface area contributed by atoms with Gasteiger partial charge in [0.05, 0.1) is 10.8 Å². The maximum absolute atomic E-state index is 14.2. The molecule has 2 spiro atoms. The van der Waals surface area contributed by atoms with Gasteiger partial charge in [0.1, 0.15) is 4.33 Å². The molecule has 5 fully saturated rings. The van der Waals surface area contributed by atoms with Crippen LogP contribution in [0.2, 0.25) is 0 Å². The quantitative estimate of drug-likeness (QED) is 0.103. The third kappa shape index (κ3) is 9.01. The second kappa shape index (κ2) is 18.7. The van der Waals surface area contributed by atoms with Gasteiger partial charge in [0, 0.05) is 0 Å². The lowest BCUT2D eigenvalue weighted by atomic mass is 9.41. The van der Waals surface area contributed by atoms with Gasteiger partial charge >= 0.3 is 0 Å². The molecule has 0 amide bonds. The zero-order valence-electron chi connectivity index (χ0n) is 31.3. The van der Waals surface area contributed by atoms with Gasteiger partial charge in [0.2, 0.25) is 0 Å². The molecule has 5 rings (SSSR count). The van der Waals surface area contributed by atoms with Gasteiger partial charge in [-0.25, -0.2) is 0 Å². The van der Waals surface area contributed by atoms with Gasteiger partial charge < -0.3 is 0 Å². The summed E-state index contributed by atoms with van der Waals surface area (Å²) in [4.78, 5) is 14.2. The molecular formula is C44H76Cl2O. The lowest BCUT2D eigenvalue weighted by Crippen LogP contribution is -2.74. The van der Waals surface area contributed by atoms with Crippen LogP contribution in [0.5, 0.6) is 0 Å². The number of alkyl halides is 2. The van der Waals surface area contributed by atoms with Gasteiger partial charge in [-0.3, -0.25) is 4.79 Å². The third-order valence-electron chi connectivity index (χ3n) is 15.4. The molecule has 0 unspecified atom stereocenters. The van der Waals surface area contributed by atoms with Crippen LogP contribution in [0.4, 0.5) is 0 Å². The van der Waals surface area contributed by atoms with Gasteiger partial charge in [-0.2, -0.15) is 0 Å². The van der Waals surface area contributed by atoms with E-state index in [0.29, 0.717) is 5.78 Å². The Morgan fingerprint density at radius 1 is 0.447 bits per heavy atom. The maximum atomic E-state index is 14.2. The number of halogens is 2. The molecule has 0 atom stereocenters. The lowest BCUT2D eigenvalue weighted by Gasteiger charge is -2.67. The van der Waals surface area contributed by atoms with Crippen LogP contribution in [0.25, 0.3) is 0 Å². The van der Waals surface area contributed by atoms with Gasteiger partial charge in [-0.1, -0.05) is 165 Å². The number of Topliss-reactive ketones (excluding diaryl/α,β-unsaturated/α-hetero) is 1. The Hall–Kier alpha value is 0.250. The fourth-order valence-corrected chi connectivity index (χ4v) is 13.2. The van der Waals surface area contributed by atoms with E-state index >= 15 is 0 Å². The van der Waals surface area contributed by atoms with Crippen molar-refractivity contribution in [3.8, 4) is 0 Å². The number of rotatable bonds is 18. The van der Waals surface area contributed by atoms with E-state index in [1.165, 1.54) is 180 Å². The molecule has 1 nitrogen and oxygen atoms in total. The summed E-state index contributed by atoms with van der Waals surface area (Å²) >= 11 is 14.8. The molecule has 0 aromatic carbocycles. The Morgan fingerprint density at radius 3 is 1.06 bits per heavy atom.